The van der Waals surface area contributed by atoms with Gasteiger partial charge in [-0.1, -0.05) is 12.1 Å². The molecule has 4 aromatic rings. The van der Waals surface area contributed by atoms with Crippen molar-refractivity contribution in [2.45, 2.75) is 17.4 Å². The van der Waals surface area contributed by atoms with Gasteiger partial charge in [-0.2, -0.15) is 14.5 Å². The number of carboxylic acids is 1. The molecule has 6 rings (SSSR count). The summed E-state index contributed by atoms with van der Waals surface area (Å²) >= 11 is 0. The van der Waals surface area contributed by atoms with E-state index in [9.17, 15) is 32.7 Å². The molecule has 0 bridgehead atoms. The Labute approximate surface area is 282 Å². The molecule has 4 amide bonds. The quantitative estimate of drug-likeness (QED) is 0.211. The number of anilines is 2. The first-order chi connectivity index (χ1) is 23.8. The molecule has 3 heterocycles. The van der Waals surface area contributed by atoms with Gasteiger partial charge in [0.05, 0.1) is 29.5 Å². The van der Waals surface area contributed by atoms with E-state index in [0.29, 0.717) is 29.1 Å². The van der Waals surface area contributed by atoms with E-state index in [4.69, 9.17) is 0 Å². The second-order valence-corrected chi connectivity index (χ2v) is 12.8. The highest BCUT2D eigenvalue weighted by atomic mass is 32.2. The first-order valence-electron chi connectivity index (χ1n) is 14.8. The van der Waals surface area contributed by atoms with Crippen molar-refractivity contribution in [1.29, 1.82) is 0 Å². The van der Waals surface area contributed by atoms with Crippen molar-refractivity contribution in [3.05, 3.63) is 114 Å². The molecule has 50 heavy (non-hydrogen) atoms. The predicted octanol–water partition coefficient (Wildman–Crippen LogP) is 3.14. The maximum absolute atomic E-state index is 15.1. The number of urea groups is 1. The smallest absolute Gasteiger partial charge is 0.480 e. The van der Waals surface area contributed by atoms with Crippen LogP contribution in [0.25, 0.3) is 5.69 Å². The highest BCUT2D eigenvalue weighted by molar-refractivity contribution is 7.92. The van der Waals surface area contributed by atoms with Gasteiger partial charge < -0.3 is 10.4 Å². The molecule has 3 N–H and O–H groups in total. The topological polar surface area (TPSA) is 183 Å². The van der Waals surface area contributed by atoms with Crippen LogP contribution in [0.15, 0.2) is 101 Å². The predicted molar refractivity (Wildman–Crippen MR) is 175 cm³/mol. The number of sulfonamides is 1. The van der Waals surface area contributed by atoms with Crippen LogP contribution in [-0.4, -0.2) is 76.7 Å². The summed E-state index contributed by atoms with van der Waals surface area (Å²) in [5, 5.41) is 15.9. The van der Waals surface area contributed by atoms with Crippen molar-refractivity contribution in [1.82, 2.24) is 15.1 Å². The summed E-state index contributed by atoms with van der Waals surface area (Å²) in [6, 6.07) is 11.9. The van der Waals surface area contributed by atoms with Gasteiger partial charge in [0, 0.05) is 25.0 Å². The number of hydrogen-bond donors (Lipinski definition) is 3. The molecule has 0 aliphatic carbocycles. The van der Waals surface area contributed by atoms with E-state index >= 15 is 8.78 Å². The highest BCUT2D eigenvalue weighted by Gasteiger charge is 2.47. The van der Waals surface area contributed by atoms with Gasteiger partial charge in [0.1, 0.15) is 40.6 Å². The first-order valence-corrected chi connectivity index (χ1v) is 16.3. The molecule has 17 heteroatoms. The van der Waals surface area contributed by atoms with Crippen molar-refractivity contribution in [2.24, 2.45) is 10.9 Å². The summed E-state index contributed by atoms with van der Waals surface area (Å²) in [5.74, 6) is -7.01. The SMILES string of the molecule is C[N+]1=C2C=NC=CC2C(=O)N(c2ccc(C[C@H](NC(=O)c3c(F)cc(NS(=O)(=O)c4ccc(-n5cccn5)cc4)cc3F)C(=O)O)cc2)C1=O. The van der Waals surface area contributed by atoms with Crippen LogP contribution >= 0.6 is 0 Å². The molecule has 2 atom stereocenters. The number of rotatable bonds is 10. The zero-order chi connectivity index (χ0) is 35.7. The minimum Gasteiger partial charge on any atom is -0.480 e. The lowest BCUT2D eigenvalue weighted by Gasteiger charge is -2.24. The van der Waals surface area contributed by atoms with Crippen molar-refractivity contribution in [3.63, 3.8) is 0 Å². The zero-order valence-corrected chi connectivity index (χ0v) is 26.7. The van der Waals surface area contributed by atoms with E-state index in [1.54, 1.807) is 24.5 Å². The molecule has 0 radical (unpaired) electrons. The molecular formula is C33H26F2N7O7S+. The van der Waals surface area contributed by atoms with E-state index in [-0.39, 0.29) is 17.0 Å². The van der Waals surface area contributed by atoms with Crippen LogP contribution in [0.3, 0.4) is 0 Å². The van der Waals surface area contributed by atoms with Crippen LogP contribution in [0.5, 0.6) is 0 Å². The van der Waals surface area contributed by atoms with E-state index in [0.717, 1.165) is 4.90 Å². The molecular weight excluding hydrogens is 676 g/mol. The fourth-order valence-corrected chi connectivity index (χ4v) is 6.42. The number of aromatic nitrogens is 2. The number of hydrogen-bond acceptors (Lipinski definition) is 8. The minimum atomic E-state index is -4.30. The van der Waals surface area contributed by atoms with Crippen LogP contribution in [0.4, 0.5) is 25.0 Å². The summed E-state index contributed by atoms with van der Waals surface area (Å²) in [5.41, 5.74) is -0.0719. The number of amides is 4. The Hall–Kier alpha value is -6.36. The molecule has 0 fully saturated rings. The number of carboxylic acid groups (broad SMARTS) is 1. The van der Waals surface area contributed by atoms with Crippen molar-refractivity contribution in [3.8, 4) is 5.69 Å². The van der Waals surface area contributed by atoms with Gasteiger partial charge in [-0.05, 0) is 66.2 Å². The van der Waals surface area contributed by atoms with Gasteiger partial charge in [0.15, 0.2) is 0 Å². The zero-order valence-electron chi connectivity index (χ0n) is 25.9. The maximum atomic E-state index is 15.1. The van der Waals surface area contributed by atoms with Gasteiger partial charge in [0.25, 0.3) is 15.9 Å². The number of carbonyl (C=O) groups is 4. The Morgan fingerprint density at radius 2 is 1.68 bits per heavy atom. The average molecular weight is 703 g/mol. The number of halogens is 2. The molecule has 0 spiro atoms. The molecule has 0 saturated carbocycles. The lowest BCUT2D eigenvalue weighted by molar-refractivity contribution is -0.392. The van der Waals surface area contributed by atoms with Gasteiger partial charge in [0.2, 0.25) is 0 Å². The van der Waals surface area contributed by atoms with Crippen LogP contribution in [0.1, 0.15) is 15.9 Å². The molecule has 3 aromatic carbocycles. The number of nitrogens with zero attached hydrogens (tertiary/aromatic N) is 5. The largest absolute Gasteiger partial charge is 0.506 e. The highest BCUT2D eigenvalue weighted by Crippen LogP contribution is 2.26. The fourth-order valence-electron chi connectivity index (χ4n) is 5.38. The summed E-state index contributed by atoms with van der Waals surface area (Å²) in [7, 11) is -2.79. The molecule has 2 aliphatic rings. The number of carbonyl (C=O) groups excluding carboxylic acids is 3. The number of aliphatic imine (C=N–C) groups is 1. The normalized spacial score (nSPS) is 16.3. The van der Waals surface area contributed by atoms with E-state index in [1.807, 2.05) is 0 Å². The van der Waals surface area contributed by atoms with Gasteiger partial charge in [-0.25, -0.2) is 31.5 Å². The number of aliphatic carboxylic acids is 1. The summed E-state index contributed by atoms with van der Waals surface area (Å²) in [6.45, 7) is 0. The standard InChI is InChI=1S/C33H25F2N7O7S/c1-40-28-18-36-13-11-24(28)31(44)42(33(40)47)22-5-3-19(4-6-22)15-27(32(45)46)38-30(43)29-25(34)16-20(17-26(29)35)39-50(48,49)23-9-7-21(8-10-23)41-14-2-12-37-41/h2-14,16-18,24,27H,15H2,1H3,(H2-,38,39,43,45,46)/p+1/t24?,27-/m0/s1. The number of nitrogens with one attached hydrogen (secondary N) is 2. The average Bonchev–Trinajstić information content (AvgIpc) is 3.63. The molecule has 2 aliphatic heterocycles. The van der Waals surface area contributed by atoms with Crippen molar-refractivity contribution >= 4 is 57.1 Å². The first kappa shape index (κ1) is 33.5. The molecule has 1 aromatic heterocycles. The third-order valence-electron chi connectivity index (χ3n) is 7.92. The van der Waals surface area contributed by atoms with Crippen molar-refractivity contribution < 1.29 is 46.1 Å². The Bertz CT molecular complexity index is 2210. The third-order valence-corrected chi connectivity index (χ3v) is 9.31. The third kappa shape index (κ3) is 6.53. The Balaban J connectivity index is 1.14. The Morgan fingerprint density at radius 1 is 1.02 bits per heavy atom. The second kappa shape index (κ2) is 13.3. The van der Waals surface area contributed by atoms with Crippen LogP contribution < -0.4 is 14.9 Å². The van der Waals surface area contributed by atoms with Gasteiger partial charge in [-0.15, -0.1) is 4.90 Å². The Kier molecular flexibility index (Phi) is 8.90. The molecule has 254 valence electrons. The fraction of sp³-hybridized carbons (Fsp3) is 0.121. The molecule has 1 unspecified atom stereocenters. The van der Waals surface area contributed by atoms with Gasteiger partial charge >= 0.3 is 17.9 Å². The second-order valence-electron chi connectivity index (χ2n) is 11.1. The lowest BCUT2D eigenvalue weighted by Crippen LogP contribution is -2.54. The minimum absolute atomic E-state index is 0.209. The lowest BCUT2D eigenvalue weighted by atomic mass is 9.97. The number of benzene rings is 3. The van der Waals surface area contributed by atoms with Crippen LogP contribution in [-0.2, 0) is 26.0 Å². The Morgan fingerprint density at radius 3 is 2.30 bits per heavy atom. The maximum Gasteiger partial charge on any atom is 0.506 e. The van der Waals surface area contributed by atoms with Crippen LogP contribution in [0, 0.1) is 17.6 Å². The summed E-state index contributed by atoms with van der Waals surface area (Å²) in [6.07, 6.45) is 7.31. The van der Waals surface area contributed by atoms with E-state index < -0.39 is 68.7 Å². The summed E-state index contributed by atoms with van der Waals surface area (Å²) in [4.78, 5) is 55.7. The number of fused-ring (bicyclic) bond motifs is 1. The molecule has 0 saturated heterocycles. The van der Waals surface area contributed by atoms with Gasteiger partial charge in [-0.3, -0.25) is 14.5 Å². The molecule has 14 nitrogen and oxygen atoms in total. The van der Waals surface area contributed by atoms with E-state index in [1.165, 1.54) is 77.3 Å². The monoisotopic (exact) mass is 702 g/mol. The number of imide groups is 1. The summed E-state index contributed by atoms with van der Waals surface area (Å²) < 4.78 is 60.8. The van der Waals surface area contributed by atoms with Crippen molar-refractivity contribution in [2.75, 3.05) is 16.7 Å². The van der Waals surface area contributed by atoms with Crippen LogP contribution in [0.2, 0.25) is 0 Å². The van der Waals surface area contributed by atoms with E-state index in [2.05, 4.69) is 20.1 Å².